The van der Waals surface area contributed by atoms with Crippen molar-refractivity contribution in [3.8, 4) is 0 Å². The van der Waals surface area contributed by atoms with Gasteiger partial charge in [0.25, 0.3) is 10.1 Å². The first-order chi connectivity index (χ1) is 10.4. The predicted octanol–water partition coefficient (Wildman–Crippen LogP) is 2.61. The predicted molar refractivity (Wildman–Crippen MR) is 75.5 cm³/mol. The molecule has 0 amide bonds. The SMILES string of the molecule is Cc1ccc(S(=O)(=O)OCCOCC(CF)(CF)CF)cc1. The van der Waals surface area contributed by atoms with Gasteiger partial charge < -0.3 is 4.74 Å². The van der Waals surface area contributed by atoms with E-state index in [1.165, 1.54) is 12.1 Å². The Morgan fingerprint density at radius 2 is 1.55 bits per heavy atom. The zero-order valence-corrected chi connectivity index (χ0v) is 13.0. The lowest BCUT2D eigenvalue weighted by atomic mass is 9.95. The highest BCUT2D eigenvalue weighted by Gasteiger charge is 2.31. The Hall–Kier alpha value is -1.12. The molecule has 1 aromatic carbocycles. The van der Waals surface area contributed by atoms with Crippen molar-refractivity contribution in [2.24, 2.45) is 5.41 Å². The number of benzene rings is 1. The van der Waals surface area contributed by atoms with E-state index in [1.54, 1.807) is 12.1 Å². The summed E-state index contributed by atoms with van der Waals surface area (Å²) in [4.78, 5) is 0.00345. The third-order valence-electron chi connectivity index (χ3n) is 3.03. The molecule has 0 saturated carbocycles. The topological polar surface area (TPSA) is 52.6 Å². The van der Waals surface area contributed by atoms with Crippen LogP contribution in [0.15, 0.2) is 29.2 Å². The fourth-order valence-electron chi connectivity index (χ4n) is 1.49. The number of halogens is 3. The van der Waals surface area contributed by atoms with E-state index in [0.717, 1.165) is 5.56 Å². The largest absolute Gasteiger partial charge is 0.378 e. The van der Waals surface area contributed by atoms with Gasteiger partial charge in [-0.1, -0.05) is 17.7 Å². The van der Waals surface area contributed by atoms with Crippen molar-refractivity contribution in [2.75, 3.05) is 39.8 Å². The minimum Gasteiger partial charge on any atom is -0.378 e. The lowest BCUT2D eigenvalue weighted by molar-refractivity contribution is -0.0103. The molecule has 0 N–H and O–H groups in total. The second kappa shape index (κ2) is 8.50. The van der Waals surface area contributed by atoms with E-state index >= 15 is 0 Å². The van der Waals surface area contributed by atoms with Crippen molar-refractivity contribution in [1.82, 2.24) is 0 Å². The average Bonchev–Trinajstić information content (AvgIpc) is 2.52. The first-order valence-electron chi connectivity index (χ1n) is 6.61. The number of aryl methyl sites for hydroxylation is 1. The van der Waals surface area contributed by atoms with Crippen LogP contribution in [0.1, 0.15) is 5.56 Å². The van der Waals surface area contributed by atoms with Crippen LogP contribution < -0.4 is 0 Å². The summed E-state index contributed by atoms with van der Waals surface area (Å²) in [7, 11) is -3.91. The quantitative estimate of drug-likeness (QED) is 0.485. The summed E-state index contributed by atoms with van der Waals surface area (Å²) in [5.41, 5.74) is -0.905. The molecule has 0 radical (unpaired) electrons. The zero-order valence-electron chi connectivity index (χ0n) is 12.2. The van der Waals surface area contributed by atoms with Gasteiger partial charge in [0, 0.05) is 0 Å². The number of rotatable bonds is 10. The van der Waals surface area contributed by atoms with Gasteiger partial charge in [-0.25, -0.2) is 0 Å². The maximum atomic E-state index is 12.6. The third-order valence-corrected chi connectivity index (χ3v) is 4.36. The average molecular weight is 340 g/mol. The van der Waals surface area contributed by atoms with Crippen LogP contribution in [0.3, 0.4) is 0 Å². The van der Waals surface area contributed by atoms with Gasteiger partial charge >= 0.3 is 0 Å². The maximum Gasteiger partial charge on any atom is 0.297 e. The molecule has 1 rings (SSSR count). The Morgan fingerprint density at radius 1 is 1.00 bits per heavy atom. The first-order valence-corrected chi connectivity index (χ1v) is 8.02. The maximum absolute atomic E-state index is 12.6. The van der Waals surface area contributed by atoms with Gasteiger partial charge in [-0.2, -0.15) is 8.42 Å². The highest BCUT2D eigenvalue weighted by molar-refractivity contribution is 7.86. The van der Waals surface area contributed by atoms with Crippen molar-refractivity contribution in [1.29, 1.82) is 0 Å². The number of hydrogen-bond donors (Lipinski definition) is 0. The van der Waals surface area contributed by atoms with Crippen molar-refractivity contribution in [3.63, 3.8) is 0 Å². The highest BCUT2D eigenvalue weighted by atomic mass is 32.2. The molecule has 0 spiro atoms. The molecule has 0 heterocycles. The van der Waals surface area contributed by atoms with Crippen molar-refractivity contribution < 1.29 is 30.5 Å². The van der Waals surface area contributed by atoms with Gasteiger partial charge in [-0.3, -0.25) is 17.4 Å². The first kappa shape index (κ1) is 18.9. The lowest BCUT2D eigenvalue weighted by Gasteiger charge is -2.23. The molecule has 4 nitrogen and oxygen atoms in total. The number of alkyl halides is 3. The Labute approximate surface area is 128 Å². The van der Waals surface area contributed by atoms with Gasteiger partial charge in [0.1, 0.15) is 20.0 Å². The highest BCUT2D eigenvalue weighted by Crippen LogP contribution is 2.20. The van der Waals surface area contributed by atoms with Gasteiger partial charge in [0.05, 0.1) is 30.1 Å². The molecule has 22 heavy (non-hydrogen) atoms. The molecule has 8 heteroatoms. The Balaban J connectivity index is 2.42. The lowest BCUT2D eigenvalue weighted by Crippen LogP contribution is -2.34. The summed E-state index contributed by atoms with van der Waals surface area (Å²) in [6.45, 7) is -2.78. The van der Waals surface area contributed by atoms with Crippen LogP contribution in [0.4, 0.5) is 13.2 Å². The van der Waals surface area contributed by atoms with Crippen LogP contribution in [0.5, 0.6) is 0 Å². The minimum atomic E-state index is -3.91. The fraction of sp³-hybridized carbons (Fsp3) is 0.571. The molecule has 126 valence electrons. The van der Waals surface area contributed by atoms with Gasteiger partial charge in [0.2, 0.25) is 0 Å². The summed E-state index contributed by atoms with van der Waals surface area (Å²) >= 11 is 0. The third kappa shape index (κ3) is 5.26. The van der Waals surface area contributed by atoms with E-state index in [4.69, 9.17) is 8.92 Å². The summed E-state index contributed by atoms with van der Waals surface area (Å²) < 4.78 is 71.0. The molecule has 0 bridgehead atoms. The van der Waals surface area contributed by atoms with Crippen LogP contribution in [0.25, 0.3) is 0 Å². The van der Waals surface area contributed by atoms with Gasteiger partial charge in [-0.05, 0) is 19.1 Å². The van der Waals surface area contributed by atoms with E-state index < -0.39 is 42.2 Å². The molecule has 0 aromatic heterocycles. The molecular weight excluding hydrogens is 321 g/mol. The number of hydrogen-bond acceptors (Lipinski definition) is 4. The Kier molecular flexibility index (Phi) is 7.31. The smallest absolute Gasteiger partial charge is 0.297 e. The standard InChI is InChI=1S/C14H19F3O4S/c1-12-2-4-13(5-3-12)22(18,19)21-7-6-20-11-14(8-15,9-16)10-17/h2-5H,6-11H2,1H3. The van der Waals surface area contributed by atoms with Crippen molar-refractivity contribution >= 4 is 10.1 Å². The molecule has 0 aliphatic carbocycles. The van der Waals surface area contributed by atoms with Crippen LogP contribution in [0, 0.1) is 12.3 Å². The molecule has 0 saturated heterocycles. The zero-order chi connectivity index (χ0) is 16.6. The molecule has 1 aromatic rings. The second-order valence-corrected chi connectivity index (χ2v) is 6.66. The normalized spacial score (nSPS) is 12.5. The Morgan fingerprint density at radius 3 is 2.05 bits per heavy atom. The minimum absolute atomic E-state index is 0.00345. The summed E-state index contributed by atoms with van der Waals surface area (Å²) in [5.74, 6) is 0. The van der Waals surface area contributed by atoms with Crippen LogP contribution in [-0.4, -0.2) is 48.3 Å². The molecule has 0 unspecified atom stereocenters. The summed E-state index contributed by atoms with van der Waals surface area (Å²) in [6.07, 6.45) is 0. The van der Waals surface area contributed by atoms with Crippen LogP contribution in [-0.2, 0) is 19.0 Å². The van der Waals surface area contributed by atoms with E-state index in [9.17, 15) is 21.6 Å². The fourth-order valence-corrected chi connectivity index (χ4v) is 2.38. The monoisotopic (exact) mass is 340 g/mol. The number of ether oxygens (including phenoxy) is 1. The molecular formula is C14H19F3O4S. The van der Waals surface area contributed by atoms with Crippen LogP contribution in [0.2, 0.25) is 0 Å². The van der Waals surface area contributed by atoms with Crippen LogP contribution >= 0.6 is 0 Å². The molecule has 0 aliphatic rings. The molecule has 0 aliphatic heterocycles. The van der Waals surface area contributed by atoms with Crippen molar-refractivity contribution in [2.45, 2.75) is 11.8 Å². The molecule has 0 fully saturated rings. The van der Waals surface area contributed by atoms with E-state index in [-0.39, 0.29) is 18.1 Å². The van der Waals surface area contributed by atoms with E-state index in [1.807, 2.05) is 6.92 Å². The van der Waals surface area contributed by atoms with E-state index in [0.29, 0.717) is 0 Å². The van der Waals surface area contributed by atoms with Gasteiger partial charge in [0.15, 0.2) is 0 Å². The second-order valence-electron chi connectivity index (χ2n) is 5.04. The summed E-state index contributed by atoms with van der Waals surface area (Å²) in [6, 6.07) is 6.08. The van der Waals surface area contributed by atoms with E-state index in [2.05, 4.69) is 0 Å². The van der Waals surface area contributed by atoms with Crippen molar-refractivity contribution in [3.05, 3.63) is 29.8 Å². The Bertz CT molecular complexity index is 533. The molecule has 0 atom stereocenters. The summed E-state index contributed by atoms with van der Waals surface area (Å²) in [5, 5.41) is 0. The van der Waals surface area contributed by atoms with Gasteiger partial charge in [-0.15, -0.1) is 0 Å².